The zero-order valence-corrected chi connectivity index (χ0v) is 11.3. The van der Waals surface area contributed by atoms with Crippen LogP contribution in [0.25, 0.3) is 0 Å². The first-order valence-electron chi connectivity index (χ1n) is 5.60. The van der Waals surface area contributed by atoms with Gasteiger partial charge in [0.2, 0.25) is 0 Å². The molecule has 0 spiro atoms. The van der Waals surface area contributed by atoms with Crippen molar-refractivity contribution in [1.82, 2.24) is 9.97 Å². The van der Waals surface area contributed by atoms with Crippen molar-refractivity contribution in [2.24, 2.45) is 0 Å². The van der Waals surface area contributed by atoms with E-state index in [-0.39, 0.29) is 0 Å². The van der Waals surface area contributed by atoms with Gasteiger partial charge in [-0.1, -0.05) is 12.1 Å². The van der Waals surface area contributed by atoms with Gasteiger partial charge in [-0.05, 0) is 24.0 Å². The lowest BCUT2D eigenvalue weighted by Gasteiger charge is -2.18. The number of benzene rings is 1. The number of nitrogen functional groups attached to an aromatic ring is 1. The van der Waals surface area contributed by atoms with Gasteiger partial charge < -0.3 is 10.6 Å². The third kappa shape index (κ3) is 3.13. The fourth-order valence-corrected chi connectivity index (χ4v) is 2.00. The summed E-state index contributed by atoms with van der Waals surface area (Å²) in [5.74, 6) is 0.922. The molecule has 0 unspecified atom stereocenters. The van der Waals surface area contributed by atoms with Crippen LogP contribution in [0.3, 0.4) is 0 Å². The first-order valence-corrected chi connectivity index (χ1v) is 6.83. The lowest BCUT2D eigenvalue weighted by molar-refractivity contribution is 0.878. The summed E-state index contributed by atoms with van der Waals surface area (Å²) in [5, 5.41) is 0.976. The van der Waals surface area contributed by atoms with Crippen LogP contribution in [0.5, 0.6) is 0 Å². The average Bonchev–Trinajstić information content (AvgIpc) is 2.41. The molecule has 0 saturated carbocycles. The predicted octanol–water partition coefficient (Wildman–Crippen LogP) is 2.42. The second-order valence-electron chi connectivity index (χ2n) is 4.02. The molecule has 0 aliphatic carbocycles. The number of anilines is 2. The van der Waals surface area contributed by atoms with Crippen molar-refractivity contribution in [3.63, 3.8) is 0 Å². The fraction of sp³-hybridized carbons (Fsp3) is 0.231. The predicted molar refractivity (Wildman–Crippen MR) is 76.8 cm³/mol. The van der Waals surface area contributed by atoms with Gasteiger partial charge in [0.25, 0.3) is 0 Å². The van der Waals surface area contributed by atoms with Crippen molar-refractivity contribution < 1.29 is 0 Å². The van der Waals surface area contributed by atoms with Crippen LogP contribution in [0.4, 0.5) is 11.5 Å². The summed E-state index contributed by atoms with van der Waals surface area (Å²) >= 11 is 1.61. The number of nitrogens with zero attached hydrogens (tertiary/aromatic N) is 3. The van der Waals surface area contributed by atoms with Crippen molar-refractivity contribution in [1.29, 1.82) is 0 Å². The highest BCUT2D eigenvalue weighted by Gasteiger charge is 2.05. The Bertz CT molecular complexity index is 513. The zero-order valence-electron chi connectivity index (χ0n) is 10.5. The minimum atomic E-state index is 0.785. The Labute approximate surface area is 111 Å². The average molecular weight is 260 g/mol. The Kier molecular flexibility index (Phi) is 4.04. The second kappa shape index (κ2) is 5.73. The van der Waals surface area contributed by atoms with Gasteiger partial charge in [-0.2, -0.15) is 0 Å². The van der Waals surface area contributed by atoms with Crippen molar-refractivity contribution in [3.8, 4) is 0 Å². The largest absolute Gasteiger partial charge is 0.399 e. The van der Waals surface area contributed by atoms with Crippen molar-refractivity contribution in [2.75, 3.05) is 23.9 Å². The minimum absolute atomic E-state index is 0.785. The summed E-state index contributed by atoms with van der Waals surface area (Å²) in [7, 11) is 2.02. The molecule has 0 radical (unpaired) electrons. The lowest BCUT2D eigenvalue weighted by Crippen LogP contribution is -2.17. The number of rotatable bonds is 4. The molecule has 0 amide bonds. The number of thioether (sulfide) groups is 1. The molecule has 0 aliphatic heterocycles. The van der Waals surface area contributed by atoms with Gasteiger partial charge in [-0.3, -0.25) is 0 Å². The summed E-state index contributed by atoms with van der Waals surface area (Å²) in [6.07, 6.45) is 3.60. The highest BCUT2D eigenvalue weighted by molar-refractivity contribution is 7.98. The third-order valence-electron chi connectivity index (χ3n) is 2.63. The third-order valence-corrected chi connectivity index (χ3v) is 3.27. The molecule has 5 heteroatoms. The van der Waals surface area contributed by atoms with Crippen LogP contribution < -0.4 is 10.6 Å². The molecule has 2 N–H and O–H groups in total. The van der Waals surface area contributed by atoms with E-state index in [4.69, 9.17) is 5.73 Å². The maximum Gasteiger partial charge on any atom is 0.133 e. The lowest BCUT2D eigenvalue weighted by atomic mass is 10.2. The molecule has 1 aromatic carbocycles. The van der Waals surface area contributed by atoms with Gasteiger partial charge in [0.15, 0.2) is 0 Å². The molecule has 0 aliphatic rings. The van der Waals surface area contributed by atoms with Gasteiger partial charge in [0, 0.05) is 25.3 Å². The maximum absolute atomic E-state index is 5.67. The van der Waals surface area contributed by atoms with Crippen molar-refractivity contribution >= 4 is 23.3 Å². The number of nitrogens with two attached hydrogens (primary N) is 1. The van der Waals surface area contributed by atoms with Gasteiger partial charge in [0.05, 0.1) is 0 Å². The molecule has 2 rings (SSSR count). The highest BCUT2D eigenvalue weighted by Crippen LogP contribution is 2.18. The van der Waals surface area contributed by atoms with E-state index >= 15 is 0 Å². The van der Waals surface area contributed by atoms with Gasteiger partial charge in [0.1, 0.15) is 17.2 Å². The molecule has 0 atom stereocenters. The zero-order chi connectivity index (χ0) is 13.0. The first kappa shape index (κ1) is 12.7. The Morgan fingerprint density at radius 1 is 1.22 bits per heavy atom. The smallest absolute Gasteiger partial charge is 0.133 e. The molecule has 0 bridgehead atoms. The summed E-state index contributed by atoms with van der Waals surface area (Å²) in [5.41, 5.74) is 7.66. The summed E-state index contributed by atoms with van der Waals surface area (Å²) in [6.45, 7) is 0.797. The number of hydrogen-bond acceptors (Lipinski definition) is 5. The summed E-state index contributed by atoms with van der Waals surface area (Å²) < 4.78 is 0. The SMILES string of the molecule is CSc1cc(N(C)Cc2ccc(N)cc2)ncn1. The molecule has 1 aromatic heterocycles. The van der Waals surface area contributed by atoms with Crippen LogP contribution in [-0.4, -0.2) is 23.3 Å². The van der Waals surface area contributed by atoms with Gasteiger partial charge in [-0.25, -0.2) is 9.97 Å². The summed E-state index contributed by atoms with van der Waals surface area (Å²) in [6, 6.07) is 9.87. The van der Waals surface area contributed by atoms with E-state index < -0.39 is 0 Å². The first-order chi connectivity index (χ1) is 8.69. The second-order valence-corrected chi connectivity index (χ2v) is 4.84. The van der Waals surface area contributed by atoms with Crippen molar-refractivity contribution in [3.05, 3.63) is 42.2 Å². The van der Waals surface area contributed by atoms with E-state index in [1.54, 1.807) is 18.1 Å². The van der Waals surface area contributed by atoms with Crippen LogP contribution in [-0.2, 0) is 6.54 Å². The molecule has 18 heavy (non-hydrogen) atoms. The van der Waals surface area contributed by atoms with E-state index in [1.807, 2.05) is 43.6 Å². The Morgan fingerprint density at radius 2 is 1.94 bits per heavy atom. The van der Waals surface area contributed by atoms with E-state index in [1.165, 1.54) is 5.56 Å². The fourth-order valence-electron chi connectivity index (χ4n) is 1.63. The molecule has 94 valence electrons. The molecular formula is C13H16N4S. The van der Waals surface area contributed by atoms with Crippen molar-refractivity contribution in [2.45, 2.75) is 11.6 Å². The van der Waals surface area contributed by atoms with Crippen LogP contribution in [0.2, 0.25) is 0 Å². The Hall–Kier alpha value is -1.75. The maximum atomic E-state index is 5.67. The van der Waals surface area contributed by atoms with Crippen LogP contribution >= 0.6 is 11.8 Å². The van der Waals surface area contributed by atoms with Crippen LogP contribution in [0.15, 0.2) is 41.7 Å². The van der Waals surface area contributed by atoms with Gasteiger partial charge >= 0.3 is 0 Å². The Morgan fingerprint density at radius 3 is 2.61 bits per heavy atom. The number of aromatic nitrogens is 2. The number of hydrogen-bond donors (Lipinski definition) is 1. The summed E-state index contributed by atoms with van der Waals surface area (Å²) in [4.78, 5) is 10.5. The molecule has 0 fully saturated rings. The minimum Gasteiger partial charge on any atom is -0.399 e. The molecule has 1 heterocycles. The van der Waals surface area contributed by atoms with Gasteiger partial charge in [-0.15, -0.1) is 11.8 Å². The quantitative estimate of drug-likeness (QED) is 0.520. The molecular weight excluding hydrogens is 244 g/mol. The van der Waals surface area contributed by atoms with E-state index in [2.05, 4.69) is 14.9 Å². The van der Waals surface area contributed by atoms with Crippen LogP contribution in [0.1, 0.15) is 5.56 Å². The standard InChI is InChI=1S/C13H16N4S/c1-17(8-10-3-5-11(14)6-4-10)12-7-13(18-2)16-9-15-12/h3-7,9H,8,14H2,1-2H3. The monoisotopic (exact) mass is 260 g/mol. The molecule has 4 nitrogen and oxygen atoms in total. The van der Waals surface area contributed by atoms with E-state index in [0.29, 0.717) is 0 Å². The molecule has 0 saturated heterocycles. The highest BCUT2D eigenvalue weighted by atomic mass is 32.2. The van der Waals surface area contributed by atoms with E-state index in [9.17, 15) is 0 Å². The molecule has 2 aromatic rings. The normalized spacial score (nSPS) is 10.3. The van der Waals surface area contributed by atoms with Crippen LogP contribution in [0, 0.1) is 0 Å². The topological polar surface area (TPSA) is 55.0 Å². The Balaban J connectivity index is 2.11. The van der Waals surface area contributed by atoms with E-state index in [0.717, 1.165) is 23.1 Å².